The summed E-state index contributed by atoms with van der Waals surface area (Å²) in [7, 11) is 0. The molecule has 2 rings (SSSR count). The highest BCUT2D eigenvalue weighted by atomic mass is 14.8. The van der Waals surface area contributed by atoms with Crippen molar-refractivity contribution in [3.05, 3.63) is 0 Å². The lowest BCUT2D eigenvalue weighted by atomic mass is 9.66. The molecule has 70 valence electrons. The van der Waals surface area contributed by atoms with Crippen molar-refractivity contribution < 1.29 is 0 Å². The van der Waals surface area contributed by atoms with Crippen LogP contribution < -0.4 is 5.73 Å². The average Bonchev–Trinajstić information content (AvgIpc) is 2.27. The molecule has 0 amide bonds. The zero-order valence-electron chi connectivity index (χ0n) is 8.02. The molecule has 1 nitrogen and oxygen atoms in total. The Kier molecular flexibility index (Phi) is 2.40. The maximum absolute atomic E-state index is 6.35. The van der Waals surface area contributed by atoms with E-state index in [2.05, 4.69) is 0 Å². The van der Waals surface area contributed by atoms with Crippen LogP contribution in [0.25, 0.3) is 0 Å². The van der Waals surface area contributed by atoms with Gasteiger partial charge in [-0.1, -0.05) is 25.7 Å². The maximum Gasteiger partial charge on any atom is 0.0182 e. The molecule has 0 aromatic heterocycles. The van der Waals surface area contributed by atoms with Crippen LogP contribution in [0, 0.1) is 5.92 Å². The van der Waals surface area contributed by atoms with Crippen LogP contribution in [-0.2, 0) is 0 Å². The first-order chi connectivity index (χ1) is 5.81. The summed E-state index contributed by atoms with van der Waals surface area (Å²) < 4.78 is 0. The highest BCUT2D eigenvalue weighted by molar-refractivity contribution is 4.98. The molecule has 2 saturated carbocycles. The monoisotopic (exact) mass is 167 g/mol. The highest BCUT2D eigenvalue weighted by Crippen LogP contribution is 2.41. The van der Waals surface area contributed by atoms with Gasteiger partial charge in [0.1, 0.15) is 0 Å². The van der Waals surface area contributed by atoms with Gasteiger partial charge < -0.3 is 5.73 Å². The number of hydrogen-bond acceptors (Lipinski definition) is 1. The van der Waals surface area contributed by atoms with E-state index in [0.29, 0.717) is 0 Å². The zero-order valence-corrected chi connectivity index (χ0v) is 8.02. The molecule has 2 fully saturated rings. The van der Waals surface area contributed by atoms with Crippen LogP contribution in [0.15, 0.2) is 0 Å². The summed E-state index contributed by atoms with van der Waals surface area (Å²) >= 11 is 0. The largest absolute Gasteiger partial charge is 0.325 e. The van der Waals surface area contributed by atoms with Gasteiger partial charge in [0.25, 0.3) is 0 Å². The summed E-state index contributed by atoms with van der Waals surface area (Å²) in [6.07, 6.45) is 12.6. The molecular formula is C11H21N. The fraction of sp³-hybridized carbons (Fsp3) is 1.00. The van der Waals surface area contributed by atoms with Crippen molar-refractivity contribution in [2.45, 2.75) is 63.3 Å². The topological polar surface area (TPSA) is 26.0 Å². The van der Waals surface area contributed by atoms with Crippen LogP contribution in [0.3, 0.4) is 0 Å². The van der Waals surface area contributed by atoms with Crippen molar-refractivity contribution in [1.82, 2.24) is 0 Å². The predicted molar refractivity (Wildman–Crippen MR) is 52.0 cm³/mol. The lowest BCUT2D eigenvalue weighted by molar-refractivity contribution is 0.138. The Hall–Kier alpha value is -0.0400. The van der Waals surface area contributed by atoms with Crippen molar-refractivity contribution in [3.63, 3.8) is 0 Å². The van der Waals surface area contributed by atoms with Crippen LogP contribution in [-0.4, -0.2) is 5.54 Å². The molecule has 0 heterocycles. The van der Waals surface area contributed by atoms with Crippen LogP contribution in [0.4, 0.5) is 0 Å². The third-order valence-electron chi connectivity index (χ3n) is 3.95. The number of hydrogen-bond donors (Lipinski definition) is 1. The summed E-state index contributed by atoms with van der Waals surface area (Å²) in [6.45, 7) is 0. The molecule has 0 spiro atoms. The Morgan fingerprint density at radius 1 is 0.833 bits per heavy atom. The van der Waals surface area contributed by atoms with E-state index in [1.54, 1.807) is 0 Å². The summed E-state index contributed by atoms with van der Waals surface area (Å²) in [5, 5.41) is 0. The van der Waals surface area contributed by atoms with Gasteiger partial charge in [0.2, 0.25) is 0 Å². The van der Waals surface area contributed by atoms with Gasteiger partial charge in [0.15, 0.2) is 0 Å². The SMILES string of the molecule is NC1(C2CCCCCC2)CCC1. The van der Waals surface area contributed by atoms with Gasteiger partial charge >= 0.3 is 0 Å². The van der Waals surface area contributed by atoms with E-state index in [4.69, 9.17) is 5.73 Å². The Morgan fingerprint density at radius 2 is 1.42 bits per heavy atom. The van der Waals surface area contributed by atoms with E-state index >= 15 is 0 Å². The second-order valence-corrected chi connectivity index (χ2v) is 4.78. The maximum atomic E-state index is 6.35. The molecule has 0 unspecified atom stereocenters. The normalized spacial score (nSPS) is 30.8. The lowest BCUT2D eigenvalue weighted by Crippen LogP contribution is -2.52. The van der Waals surface area contributed by atoms with E-state index in [1.807, 2.05) is 0 Å². The molecule has 0 radical (unpaired) electrons. The summed E-state index contributed by atoms with van der Waals surface area (Å²) in [4.78, 5) is 0. The second-order valence-electron chi connectivity index (χ2n) is 4.78. The Bertz CT molecular complexity index is 141. The van der Waals surface area contributed by atoms with Crippen LogP contribution >= 0.6 is 0 Å². The highest BCUT2D eigenvalue weighted by Gasteiger charge is 2.39. The van der Waals surface area contributed by atoms with Crippen molar-refractivity contribution in [2.75, 3.05) is 0 Å². The molecule has 0 aromatic carbocycles. The van der Waals surface area contributed by atoms with Gasteiger partial charge in [-0.2, -0.15) is 0 Å². The molecule has 1 heteroatoms. The van der Waals surface area contributed by atoms with Crippen molar-refractivity contribution in [3.8, 4) is 0 Å². The van der Waals surface area contributed by atoms with E-state index in [0.717, 1.165) is 5.92 Å². The minimum absolute atomic E-state index is 0.282. The standard InChI is InChI=1S/C11H21N/c12-11(8-5-9-11)10-6-3-1-2-4-7-10/h10H,1-9,12H2. The molecule has 0 atom stereocenters. The zero-order chi connectivity index (χ0) is 8.44. The third-order valence-corrected chi connectivity index (χ3v) is 3.95. The van der Waals surface area contributed by atoms with Crippen LogP contribution in [0.5, 0.6) is 0 Å². The van der Waals surface area contributed by atoms with E-state index < -0.39 is 0 Å². The van der Waals surface area contributed by atoms with Gasteiger partial charge in [0, 0.05) is 5.54 Å². The summed E-state index contributed by atoms with van der Waals surface area (Å²) in [6, 6.07) is 0. The fourth-order valence-corrected chi connectivity index (χ4v) is 2.85. The molecular weight excluding hydrogens is 146 g/mol. The number of nitrogens with two attached hydrogens (primary N) is 1. The van der Waals surface area contributed by atoms with Gasteiger partial charge in [-0.05, 0) is 38.0 Å². The molecule has 0 aromatic rings. The third kappa shape index (κ3) is 1.52. The number of rotatable bonds is 1. The van der Waals surface area contributed by atoms with Crippen LogP contribution in [0.1, 0.15) is 57.8 Å². The fourth-order valence-electron chi connectivity index (χ4n) is 2.85. The second kappa shape index (κ2) is 3.37. The van der Waals surface area contributed by atoms with Crippen molar-refractivity contribution >= 4 is 0 Å². The summed E-state index contributed by atoms with van der Waals surface area (Å²) in [5.74, 6) is 0.869. The molecule has 12 heavy (non-hydrogen) atoms. The quantitative estimate of drug-likeness (QED) is 0.597. The minimum Gasteiger partial charge on any atom is -0.325 e. The van der Waals surface area contributed by atoms with E-state index in [1.165, 1.54) is 57.8 Å². The first-order valence-electron chi connectivity index (χ1n) is 5.60. The van der Waals surface area contributed by atoms with Gasteiger partial charge in [-0.15, -0.1) is 0 Å². The average molecular weight is 167 g/mol. The van der Waals surface area contributed by atoms with Crippen molar-refractivity contribution in [1.29, 1.82) is 0 Å². The molecule has 2 aliphatic carbocycles. The Labute approximate surface area is 75.7 Å². The van der Waals surface area contributed by atoms with E-state index in [9.17, 15) is 0 Å². The molecule has 2 N–H and O–H groups in total. The van der Waals surface area contributed by atoms with Crippen LogP contribution in [0.2, 0.25) is 0 Å². The smallest absolute Gasteiger partial charge is 0.0182 e. The molecule has 0 bridgehead atoms. The summed E-state index contributed by atoms with van der Waals surface area (Å²) in [5.41, 5.74) is 6.63. The minimum atomic E-state index is 0.282. The van der Waals surface area contributed by atoms with Gasteiger partial charge in [-0.3, -0.25) is 0 Å². The first-order valence-corrected chi connectivity index (χ1v) is 5.60. The lowest BCUT2D eigenvalue weighted by Gasteiger charge is -2.44. The van der Waals surface area contributed by atoms with Gasteiger partial charge in [-0.25, -0.2) is 0 Å². The van der Waals surface area contributed by atoms with Crippen molar-refractivity contribution in [2.24, 2.45) is 11.7 Å². The molecule has 0 aliphatic heterocycles. The molecule has 0 saturated heterocycles. The van der Waals surface area contributed by atoms with Gasteiger partial charge in [0.05, 0.1) is 0 Å². The Balaban J connectivity index is 1.91. The predicted octanol–water partition coefficient (Wildman–Crippen LogP) is 2.84. The molecule has 2 aliphatic rings. The van der Waals surface area contributed by atoms with E-state index in [-0.39, 0.29) is 5.54 Å². The Morgan fingerprint density at radius 3 is 1.83 bits per heavy atom. The first kappa shape index (κ1) is 8.55.